The number of thioether (sulfide) groups is 1. The van der Waals surface area contributed by atoms with Crippen molar-refractivity contribution < 1.29 is 23.1 Å². The number of rotatable bonds is 5. The fourth-order valence-corrected chi connectivity index (χ4v) is 3.09. The minimum atomic E-state index is -4.74. The molecule has 0 radical (unpaired) electrons. The predicted molar refractivity (Wildman–Crippen MR) is 97.0 cm³/mol. The Balaban J connectivity index is 2.13. The summed E-state index contributed by atoms with van der Waals surface area (Å²) in [6, 6.07) is 11.2. The first-order valence-corrected chi connectivity index (χ1v) is 8.65. The van der Waals surface area contributed by atoms with Gasteiger partial charge in [-0.25, -0.2) is 0 Å². The highest BCUT2D eigenvalue weighted by Crippen LogP contribution is 2.34. The molecular formula is C18H16F3N3O2S. The quantitative estimate of drug-likeness (QED) is 0.530. The summed E-state index contributed by atoms with van der Waals surface area (Å²) in [7, 11) is 0. The lowest BCUT2D eigenvalue weighted by molar-refractivity contribution is -0.137. The van der Waals surface area contributed by atoms with Crippen LogP contribution in [0.5, 0.6) is 0 Å². The summed E-state index contributed by atoms with van der Waals surface area (Å²) in [4.78, 5) is 13.0. The van der Waals surface area contributed by atoms with Crippen LogP contribution in [0.1, 0.15) is 18.1 Å². The molecule has 9 heteroatoms. The summed E-state index contributed by atoms with van der Waals surface area (Å²) in [6.07, 6.45) is -4.74. The summed E-state index contributed by atoms with van der Waals surface area (Å²) in [5.74, 6) is -0.933. The van der Waals surface area contributed by atoms with Gasteiger partial charge in [0, 0.05) is 22.0 Å². The van der Waals surface area contributed by atoms with Crippen LogP contribution < -0.4 is 11.1 Å². The number of hydrogen-bond acceptors (Lipinski definition) is 5. The van der Waals surface area contributed by atoms with E-state index in [0.717, 1.165) is 17.8 Å². The average molecular weight is 395 g/mol. The van der Waals surface area contributed by atoms with Crippen molar-refractivity contribution in [3.63, 3.8) is 0 Å². The lowest BCUT2D eigenvalue weighted by Gasteiger charge is -2.22. The Hall–Kier alpha value is -2.70. The first-order valence-electron chi connectivity index (χ1n) is 7.67. The highest BCUT2D eigenvalue weighted by molar-refractivity contribution is 7.99. The third-order valence-electron chi connectivity index (χ3n) is 3.62. The molecule has 2 aromatic rings. The van der Waals surface area contributed by atoms with Gasteiger partial charge in [0.25, 0.3) is 5.91 Å². The number of carbonyl (C=O) groups is 1. The van der Waals surface area contributed by atoms with Crippen LogP contribution in [0, 0.1) is 11.3 Å². The number of nitrogens with two attached hydrogens (primary N) is 1. The number of carbonyl (C=O) groups excluding carboxylic acids is 1. The second-order valence-corrected chi connectivity index (χ2v) is 6.94. The van der Waals surface area contributed by atoms with Crippen molar-refractivity contribution in [3.8, 4) is 6.07 Å². The van der Waals surface area contributed by atoms with Crippen LogP contribution in [-0.4, -0.2) is 22.4 Å². The number of nitrogen functional groups attached to an aromatic ring is 1. The molecule has 27 heavy (non-hydrogen) atoms. The number of nitrogens with one attached hydrogen (secondary N) is 1. The van der Waals surface area contributed by atoms with E-state index < -0.39 is 28.8 Å². The molecule has 0 aliphatic heterocycles. The van der Waals surface area contributed by atoms with E-state index in [9.17, 15) is 23.1 Å². The van der Waals surface area contributed by atoms with Gasteiger partial charge in [-0.1, -0.05) is 12.1 Å². The lowest BCUT2D eigenvalue weighted by atomic mass is 10.1. The van der Waals surface area contributed by atoms with Gasteiger partial charge in [0.05, 0.1) is 17.2 Å². The minimum absolute atomic E-state index is 0.0601. The smallest absolute Gasteiger partial charge is 0.398 e. The molecule has 2 rings (SSSR count). The molecule has 2 aromatic carbocycles. The molecule has 0 saturated carbocycles. The zero-order valence-electron chi connectivity index (χ0n) is 14.2. The lowest BCUT2D eigenvalue weighted by Crippen LogP contribution is -2.42. The molecule has 0 aliphatic rings. The van der Waals surface area contributed by atoms with E-state index in [2.05, 4.69) is 5.32 Å². The van der Waals surface area contributed by atoms with Gasteiger partial charge >= 0.3 is 6.18 Å². The molecule has 0 unspecified atom stereocenters. The summed E-state index contributed by atoms with van der Waals surface area (Å²) in [6.45, 7) is 1.25. The fourth-order valence-electron chi connectivity index (χ4n) is 2.12. The maximum atomic E-state index is 13.0. The SMILES string of the molecule is C[C@](O)(CSc1ccccc1N)C(=O)Nc1ccc(C#N)c(C(F)(F)F)c1. The van der Waals surface area contributed by atoms with Crippen LogP contribution in [0.25, 0.3) is 0 Å². The second kappa shape index (κ2) is 7.90. The van der Waals surface area contributed by atoms with Gasteiger partial charge in [-0.05, 0) is 37.3 Å². The van der Waals surface area contributed by atoms with Crippen molar-refractivity contribution in [1.29, 1.82) is 5.26 Å². The molecule has 1 amide bonds. The van der Waals surface area contributed by atoms with Crippen molar-refractivity contribution in [3.05, 3.63) is 53.6 Å². The van der Waals surface area contributed by atoms with E-state index in [1.807, 2.05) is 0 Å². The number of nitrogens with zero attached hydrogens (tertiary/aromatic N) is 1. The fraction of sp³-hybridized carbons (Fsp3) is 0.222. The average Bonchev–Trinajstić information content (AvgIpc) is 2.60. The summed E-state index contributed by atoms with van der Waals surface area (Å²) < 4.78 is 39.0. The first-order chi connectivity index (χ1) is 12.5. The van der Waals surface area contributed by atoms with E-state index in [1.54, 1.807) is 24.3 Å². The zero-order chi connectivity index (χ0) is 20.2. The number of nitriles is 1. The summed E-state index contributed by atoms with van der Waals surface area (Å²) in [5.41, 5.74) is 2.54. The van der Waals surface area contributed by atoms with Gasteiger partial charge in [-0.2, -0.15) is 18.4 Å². The summed E-state index contributed by atoms with van der Waals surface area (Å²) >= 11 is 1.15. The van der Waals surface area contributed by atoms with Crippen LogP contribution >= 0.6 is 11.8 Å². The monoisotopic (exact) mass is 395 g/mol. The Morgan fingerprint density at radius 3 is 2.56 bits per heavy atom. The first kappa shape index (κ1) is 20.6. The van der Waals surface area contributed by atoms with E-state index >= 15 is 0 Å². The molecule has 1 atom stereocenters. The largest absolute Gasteiger partial charge is 0.417 e. The van der Waals surface area contributed by atoms with Gasteiger partial charge in [-0.3, -0.25) is 4.79 Å². The maximum Gasteiger partial charge on any atom is 0.417 e. The Morgan fingerprint density at radius 1 is 1.30 bits per heavy atom. The molecule has 0 bridgehead atoms. The van der Waals surface area contributed by atoms with E-state index in [4.69, 9.17) is 11.0 Å². The summed E-state index contributed by atoms with van der Waals surface area (Å²) in [5, 5.41) is 21.4. The minimum Gasteiger partial charge on any atom is -0.398 e. The number of aliphatic hydroxyl groups is 1. The molecule has 4 N–H and O–H groups in total. The maximum absolute atomic E-state index is 13.0. The van der Waals surface area contributed by atoms with Crippen LogP contribution in [0.4, 0.5) is 24.5 Å². The molecule has 0 aliphatic carbocycles. The number of benzene rings is 2. The number of hydrogen-bond donors (Lipinski definition) is 3. The third-order valence-corrected chi connectivity index (χ3v) is 5.01. The van der Waals surface area contributed by atoms with Crippen molar-refractivity contribution >= 4 is 29.0 Å². The van der Waals surface area contributed by atoms with Crippen molar-refractivity contribution in [1.82, 2.24) is 0 Å². The molecular weight excluding hydrogens is 379 g/mol. The number of alkyl halides is 3. The molecule has 142 valence electrons. The number of anilines is 2. The Kier molecular flexibility index (Phi) is 6.03. The van der Waals surface area contributed by atoms with Crippen LogP contribution in [0.3, 0.4) is 0 Å². The van der Waals surface area contributed by atoms with Gasteiger partial charge in [0.2, 0.25) is 0 Å². The molecule has 5 nitrogen and oxygen atoms in total. The van der Waals surface area contributed by atoms with Crippen LogP contribution in [0.2, 0.25) is 0 Å². The Bertz CT molecular complexity index is 892. The molecule has 0 fully saturated rings. The molecule has 0 saturated heterocycles. The normalized spacial score (nSPS) is 13.5. The van der Waals surface area contributed by atoms with Gasteiger partial charge < -0.3 is 16.2 Å². The Morgan fingerprint density at radius 2 is 1.96 bits per heavy atom. The molecule has 0 heterocycles. The van der Waals surface area contributed by atoms with Crippen molar-refractivity contribution in [2.24, 2.45) is 0 Å². The standard InChI is InChI=1S/C18H16F3N3O2S/c1-17(26,10-27-15-5-3-2-4-14(15)23)16(25)24-12-7-6-11(9-22)13(8-12)18(19,20)21/h2-8,26H,10,23H2,1H3,(H,24,25)/t17-/m0/s1. The van der Waals surface area contributed by atoms with E-state index in [-0.39, 0.29) is 11.4 Å². The van der Waals surface area contributed by atoms with E-state index in [1.165, 1.54) is 19.1 Å². The van der Waals surface area contributed by atoms with Gasteiger partial charge in [-0.15, -0.1) is 11.8 Å². The molecule has 0 aromatic heterocycles. The van der Waals surface area contributed by atoms with Crippen LogP contribution in [-0.2, 0) is 11.0 Å². The highest BCUT2D eigenvalue weighted by Gasteiger charge is 2.35. The molecule has 0 spiro atoms. The Labute approximate surface area is 158 Å². The number of para-hydroxylation sites is 1. The van der Waals surface area contributed by atoms with Gasteiger partial charge in [0.15, 0.2) is 0 Å². The van der Waals surface area contributed by atoms with E-state index in [0.29, 0.717) is 16.6 Å². The second-order valence-electron chi connectivity index (χ2n) is 5.92. The number of halogens is 3. The third kappa shape index (κ3) is 5.15. The predicted octanol–water partition coefficient (Wildman–Crippen LogP) is 3.64. The topological polar surface area (TPSA) is 99.1 Å². The number of amides is 1. The van der Waals surface area contributed by atoms with Crippen molar-refractivity contribution in [2.45, 2.75) is 23.6 Å². The highest BCUT2D eigenvalue weighted by atomic mass is 32.2. The van der Waals surface area contributed by atoms with Crippen LogP contribution in [0.15, 0.2) is 47.4 Å². The zero-order valence-corrected chi connectivity index (χ0v) is 15.0. The van der Waals surface area contributed by atoms with Crippen molar-refractivity contribution in [2.75, 3.05) is 16.8 Å². The van der Waals surface area contributed by atoms with Gasteiger partial charge in [0.1, 0.15) is 5.60 Å².